The van der Waals surface area contributed by atoms with Crippen LogP contribution >= 0.6 is 0 Å². The van der Waals surface area contributed by atoms with Gasteiger partial charge in [0.05, 0.1) is 12.0 Å². The molecule has 2 amide bonds. The minimum atomic E-state index is -1.03. The van der Waals surface area contributed by atoms with Crippen LogP contribution < -0.4 is 4.90 Å². The quantitative estimate of drug-likeness (QED) is 0.853. The lowest BCUT2D eigenvalue weighted by molar-refractivity contribution is -0.129. The van der Waals surface area contributed by atoms with Gasteiger partial charge in [-0.2, -0.15) is 0 Å². The molecule has 1 aromatic carbocycles. The molecule has 0 unspecified atom stereocenters. The van der Waals surface area contributed by atoms with E-state index in [1.807, 2.05) is 0 Å². The van der Waals surface area contributed by atoms with Gasteiger partial charge in [0.1, 0.15) is 6.54 Å². The highest BCUT2D eigenvalue weighted by Crippen LogP contribution is 2.29. The third-order valence-corrected chi connectivity index (χ3v) is 3.05. The number of likely N-dealkylation sites (N-methyl/N-ethyl adjacent to an activating group) is 1. The van der Waals surface area contributed by atoms with Gasteiger partial charge in [-0.05, 0) is 23.8 Å². The predicted octanol–water partition coefficient (Wildman–Crippen LogP) is 0.362. The highest BCUT2D eigenvalue weighted by molar-refractivity contribution is 6.05. The molecule has 0 fully saturated rings. The summed E-state index contributed by atoms with van der Waals surface area (Å²) in [5.74, 6) is -1.39. The van der Waals surface area contributed by atoms with Crippen molar-refractivity contribution in [2.24, 2.45) is 0 Å². The third-order valence-electron chi connectivity index (χ3n) is 3.05. The fourth-order valence-electron chi connectivity index (χ4n) is 1.97. The molecule has 100 valence electrons. The van der Waals surface area contributed by atoms with E-state index in [4.69, 9.17) is 5.11 Å². The summed E-state index contributed by atoms with van der Waals surface area (Å²) in [5, 5.41) is 8.91. The van der Waals surface area contributed by atoms with Crippen molar-refractivity contribution in [1.82, 2.24) is 4.90 Å². The van der Waals surface area contributed by atoms with E-state index in [9.17, 15) is 14.4 Å². The third kappa shape index (κ3) is 2.42. The molecule has 2 rings (SSSR count). The van der Waals surface area contributed by atoms with Gasteiger partial charge >= 0.3 is 5.97 Å². The fraction of sp³-hybridized carbons (Fsp3) is 0.308. The Hall–Kier alpha value is -2.37. The number of carboxylic acids is 1. The van der Waals surface area contributed by atoms with Crippen LogP contribution in [0.1, 0.15) is 15.9 Å². The van der Waals surface area contributed by atoms with Crippen LogP contribution in [0.2, 0.25) is 0 Å². The Morgan fingerprint density at radius 2 is 2.05 bits per heavy atom. The van der Waals surface area contributed by atoms with Gasteiger partial charge in [-0.1, -0.05) is 0 Å². The first-order valence-electron chi connectivity index (χ1n) is 5.77. The van der Waals surface area contributed by atoms with Crippen molar-refractivity contribution >= 4 is 23.5 Å². The molecule has 1 N–H and O–H groups in total. The van der Waals surface area contributed by atoms with Gasteiger partial charge in [-0.25, -0.2) is 4.79 Å². The van der Waals surface area contributed by atoms with E-state index < -0.39 is 5.97 Å². The first-order chi connectivity index (χ1) is 8.90. The normalized spacial score (nSPS) is 13.4. The summed E-state index contributed by atoms with van der Waals surface area (Å²) >= 11 is 0. The minimum absolute atomic E-state index is 0.0226. The number of carboxylic acid groups (broad SMARTS) is 1. The van der Waals surface area contributed by atoms with Crippen molar-refractivity contribution in [3.05, 3.63) is 29.3 Å². The number of nitrogens with zero attached hydrogens (tertiary/aromatic N) is 2. The first-order valence-corrected chi connectivity index (χ1v) is 5.77. The van der Waals surface area contributed by atoms with Crippen molar-refractivity contribution in [2.75, 3.05) is 25.5 Å². The maximum absolute atomic E-state index is 11.9. The van der Waals surface area contributed by atoms with Crippen molar-refractivity contribution < 1.29 is 19.5 Å². The lowest BCUT2D eigenvalue weighted by Crippen LogP contribution is -2.38. The largest absolute Gasteiger partial charge is 0.478 e. The zero-order valence-electron chi connectivity index (χ0n) is 10.7. The number of fused-ring (bicyclic) bond motifs is 1. The molecule has 0 saturated heterocycles. The summed E-state index contributed by atoms with van der Waals surface area (Å²) in [5.41, 5.74) is 1.41. The number of hydrogen-bond acceptors (Lipinski definition) is 3. The second-order valence-corrected chi connectivity index (χ2v) is 4.59. The Morgan fingerprint density at radius 3 is 2.63 bits per heavy atom. The fourth-order valence-corrected chi connectivity index (χ4v) is 1.97. The molecule has 0 spiro atoms. The van der Waals surface area contributed by atoms with Crippen molar-refractivity contribution in [1.29, 1.82) is 0 Å². The second kappa shape index (κ2) is 4.72. The maximum Gasteiger partial charge on any atom is 0.335 e. The SMILES string of the molecule is CN(C)C(=O)CN1C(=O)Cc2cc(C(=O)O)ccc21. The summed E-state index contributed by atoms with van der Waals surface area (Å²) in [6.07, 6.45) is 0.136. The summed E-state index contributed by atoms with van der Waals surface area (Å²) in [6.45, 7) is -0.0226. The van der Waals surface area contributed by atoms with Crippen LogP contribution in [0.25, 0.3) is 0 Å². The molecule has 1 aliphatic heterocycles. The molecule has 0 radical (unpaired) electrons. The molecular formula is C13H14N2O4. The lowest BCUT2D eigenvalue weighted by atomic mass is 10.1. The molecule has 19 heavy (non-hydrogen) atoms. The molecule has 1 aromatic rings. The average molecular weight is 262 g/mol. The van der Waals surface area contributed by atoms with Crippen molar-refractivity contribution in [3.8, 4) is 0 Å². The van der Waals surface area contributed by atoms with Crippen LogP contribution in [0.3, 0.4) is 0 Å². The highest BCUT2D eigenvalue weighted by atomic mass is 16.4. The van der Waals surface area contributed by atoms with Gasteiger partial charge in [0.2, 0.25) is 11.8 Å². The van der Waals surface area contributed by atoms with Gasteiger partial charge in [-0.3, -0.25) is 9.59 Å². The Morgan fingerprint density at radius 1 is 1.37 bits per heavy atom. The van der Waals surface area contributed by atoms with Gasteiger partial charge < -0.3 is 14.9 Å². The summed E-state index contributed by atoms with van der Waals surface area (Å²) < 4.78 is 0. The Balaban J connectivity index is 2.29. The minimum Gasteiger partial charge on any atom is -0.478 e. The van der Waals surface area contributed by atoms with E-state index in [1.165, 1.54) is 21.9 Å². The molecule has 0 saturated carbocycles. The van der Waals surface area contributed by atoms with Crippen LogP contribution in [0.15, 0.2) is 18.2 Å². The number of aromatic carboxylic acids is 1. The van der Waals surface area contributed by atoms with Crippen LogP contribution in [0.5, 0.6) is 0 Å². The number of rotatable bonds is 3. The van der Waals surface area contributed by atoms with Crippen molar-refractivity contribution in [3.63, 3.8) is 0 Å². The summed E-state index contributed by atoms with van der Waals surface area (Å²) in [6, 6.07) is 4.50. The standard InChI is InChI=1S/C13H14N2O4/c1-14(2)12(17)7-15-10-4-3-8(13(18)19)5-9(10)6-11(15)16/h3-5H,6-7H2,1-2H3,(H,18,19). The Labute approximate surface area is 110 Å². The monoisotopic (exact) mass is 262 g/mol. The molecule has 0 aromatic heterocycles. The van der Waals surface area contributed by atoms with Crippen LogP contribution in [-0.2, 0) is 16.0 Å². The molecule has 1 aliphatic rings. The molecule has 0 aliphatic carbocycles. The Bertz CT molecular complexity index is 566. The van der Waals surface area contributed by atoms with E-state index in [0.29, 0.717) is 11.3 Å². The number of hydrogen-bond donors (Lipinski definition) is 1. The number of benzene rings is 1. The first kappa shape index (κ1) is 13.1. The zero-order valence-corrected chi connectivity index (χ0v) is 10.7. The molecule has 6 nitrogen and oxygen atoms in total. The van der Waals surface area contributed by atoms with E-state index in [2.05, 4.69) is 0 Å². The maximum atomic E-state index is 11.9. The average Bonchev–Trinajstić information content (AvgIpc) is 2.64. The van der Waals surface area contributed by atoms with E-state index in [1.54, 1.807) is 20.2 Å². The van der Waals surface area contributed by atoms with E-state index >= 15 is 0 Å². The number of carbonyl (C=O) groups is 3. The van der Waals surface area contributed by atoms with Gasteiger partial charge in [0, 0.05) is 19.8 Å². The number of anilines is 1. The van der Waals surface area contributed by atoms with E-state index in [-0.39, 0.29) is 30.3 Å². The van der Waals surface area contributed by atoms with Crippen LogP contribution in [-0.4, -0.2) is 48.4 Å². The molecular weight excluding hydrogens is 248 g/mol. The zero-order chi connectivity index (χ0) is 14.2. The topological polar surface area (TPSA) is 77.9 Å². The molecule has 6 heteroatoms. The summed E-state index contributed by atoms with van der Waals surface area (Å²) in [7, 11) is 3.24. The molecule has 0 bridgehead atoms. The lowest BCUT2D eigenvalue weighted by Gasteiger charge is -2.19. The predicted molar refractivity (Wildman–Crippen MR) is 68.2 cm³/mol. The number of carbonyl (C=O) groups excluding carboxylic acids is 2. The van der Waals surface area contributed by atoms with Crippen LogP contribution in [0, 0.1) is 0 Å². The van der Waals surface area contributed by atoms with Gasteiger partial charge in [0.25, 0.3) is 0 Å². The van der Waals surface area contributed by atoms with Gasteiger partial charge in [-0.15, -0.1) is 0 Å². The van der Waals surface area contributed by atoms with Crippen molar-refractivity contribution in [2.45, 2.75) is 6.42 Å². The highest BCUT2D eigenvalue weighted by Gasteiger charge is 2.29. The number of amides is 2. The van der Waals surface area contributed by atoms with E-state index in [0.717, 1.165) is 0 Å². The second-order valence-electron chi connectivity index (χ2n) is 4.59. The van der Waals surface area contributed by atoms with Crippen LogP contribution in [0.4, 0.5) is 5.69 Å². The molecule has 1 heterocycles. The van der Waals surface area contributed by atoms with Gasteiger partial charge in [0.15, 0.2) is 0 Å². The summed E-state index contributed by atoms with van der Waals surface area (Å²) in [4.78, 5) is 37.2. The molecule has 0 atom stereocenters. The smallest absolute Gasteiger partial charge is 0.335 e. The Kier molecular flexibility index (Phi) is 3.25.